The van der Waals surface area contributed by atoms with E-state index in [2.05, 4.69) is 10.1 Å². The van der Waals surface area contributed by atoms with Crippen LogP contribution < -0.4 is 5.73 Å². The molecule has 0 fully saturated rings. The summed E-state index contributed by atoms with van der Waals surface area (Å²) in [4.78, 5) is 4.13. The Labute approximate surface area is 123 Å². The van der Waals surface area contributed by atoms with Gasteiger partial charge >= 0.3 is 0 Å². The predicted molar refractivity (Wildman–Crippen MR) is 76.7 cm³/mol. The van der Waals surface area contributed by atoms with E-state index in [9.17, 15) is 0 Å². The first-order valence-corrected chi connectivity index (χ1v) is 6.36. The van der Waals surface area contributed by atoms with Crippen LogP contribution in [0, 0.1) is 0 Å². The summed E-state index contributed by atoms with van der Waals surface area (Å²) in [6.45, 7) is 0. The summed E-state index contributed by atoms with van der Waals surface area (Å²) in [6.07, 6.45) is 1.61. The Kier molecular flexibility index (Phi) is 3.01. The first kappa shape index (κ1) is 12.5. The molecule has 0 atom stereocenters. The Hall–Kier alpha value is -1.49. The number of halogens is 3. The van der Waals surface area contributed by atoms with Crippen molar-refractivity contribution in [3.05, 3.63) is 39.5 Å². The zero-order valence-corrected chi connectivity index (χ0v) is 11.6. The van der Waals surface area contributed by atoms with Gasteiger partial charge in [-0.1, -0.05) is 46.0 Å². The molecule has 2 N–H and O–H groups in total. The summed E-state index contributed by atoms with van der Waals surface area (Å²) < 4.78 is 4.95. The number of nitrogens with two attached hydrogens (primary N) is 1. The molecule has 2 aromatic heterocycles. The van der Waals surface area contributed by atoms with Gasteiger partial charge in [0.25, 0.3) is 5.71 Å². The average molecular weight is 315 g/mol. The molecule has 19 heavy (non-hydrogen) atoms. The second kappa shape index (κ2) is 4.56. The van der Waals surface area contributed by atoms with Crippen molar-refractivity contribution >= 4 is 51.7 Å². The van der Waals surface area contributed by atoms with Crippen molar-refractivity contribution in [2.45, 2.75) is 0 Å². The van der Waals surface area contributed by atoms with Gasteiger partial charge in [0.05, 0.1) is 20.5 Å². The number of aromatic nitrogens is 2. The molecular weight excluding hydrogens is 309 g/mol. The van der Waals surface area contributed by atoms with Crippen LogP contribution in [-0.2, 0) is 0 Å². The molecule has 0 bridgehead atoms. The van der Waals surface area contributed by atoms with Gasteiger partial charge in [0.2, 0.25) is 0 Å². The van der Waals surface area contributed by atoms with Crippen molar-refractivity contribution in [3.63, 3.8) is 0 Å². The lowest BCUT2D eigenvalue weighted by atomic mass is 10.1. The molecule has 96 valence electrons. The molecule has 0 aliphatic carbocycles. The van der Waals surface area contributed by atoms with Crippen molar-refractivity contribution in [3.8, 4) is 11.1 Å². The lowest BCUT2D eigenvalue weighted by Crippen LogP contribution is -1.87. The Balaban J connectivity index is 2.24. The fourth-order valence-corrected chi connectivity index (χ4v) is 2.39. The number of nitrogens with zero attached hydrogens (tertiary/aromatic N) is 2. The molecule has 0 aliphatic heterocycles. The third-order valence-electron chi connectivity index (χ3n) is 2.70. The quantitative estimate of drug-likeness (QED) is 0.675. The van der Waals surface area contributed by atoms with Crippen LogP contribution in [0.3, 0.4) is 0 Å². The van der Waals surface area contributed by atoms with Gasteiger partial charge in [0, 0.05) is 17.3 Å². The van der Waals surface area contributed by atoms with E-state index in [-0.39, 0.29) is 5.82 Å². The smallest absolute Gasteiger partial charge is 0.259 e. The topological polar surface area (TPSA) is 64.9 Å². The first-order chi connectivity index (χ1) is 9.08. The van der Waals surface area contributed by atoms with Gasteiger partial charge in [-0.05, 0) is 12.1 Å². The Morgan fingerprint density at radius 3 is 2.68 bits per heavy atom. The molecule has 0 unspecified atom stereocenters. The number of anilines is 1. The molecule has 4 nitrogen and oxygen atoms in total. The van der Waals surface area contributed by atoms with E-state index in [4.69, 9.17) is 45.1 Å². The Morgan fingerprint density at radius 1 is 1.11 bits per heavy atom. The van der Waals surface area contributed by atoms with Gasteiger partial charge in [-0.25, -0.2) is 4.98 Å². The molecule has 0 radical (unpaired) electrons. The highest BCUT2D eigenvalue weighted by Crippen LogP contribution is 2.38. The van der Waals surface area contributed by atoms with E-state index in [1.165, 1.54) is 0 Å². The maximum absolute atomic E-state index is 6.18. The van der Waals surface area contributed by atoms with Gasteiger partial charge in [-0.2, -0.15) is 0 Å². The number of nitrogen functional groups attached to an aromatic ring is 1. The summed E-state index contributed by atoms with van der Waals surface area (Å²) in [7, 11) is 0. The zero-order chi connectivity index (χ0) is 13.6. The monoisotopic (exact) mass is 313 g/mol. The molecule has 0 aliphatic rings. The highest BCUT2D eigenvalue weighted by molar-refractivity contribution is 6.49. The van der Waals surface area contributed by atoms with Crippen molar-refractivity contribution in [2.75, 3.05) is 5.73 Å². The number of rotatable bonds is 1. The summed E-state index contributed by atoms with van der Waals surface area (Å²) in [5.74, 6) is 0.278. The zero-order valence-electron chi connectivity index (χ0n) is 9.32. The lowest BCUT2D eigenvalue weighted by molar-refractivity contribution is 0.452. The summed E-state index contributed by atoms with van der Waals surface area (Å²) in [6, 6.07) is 5.23. The van der Waals surface area contributed by atoms with E-state index < -0.39 is 0 Å². The molecule has 3 aromatic rings. The largest absolute Gasteiger partial charge is 0.380 e. The molecule has 7 heteroatoms. The maximum atomic E-state index is 6.18. The number of hydrogen-bond donors (Lipinski definition) is 1. The minimum atomic E-state index is 0.278. The van der Waals surface area contributed by atoms with Crippen molar-refractivity contribution in [1.29, 1.82) is 0 Å². The lowest BCUT2D eigenvalue weighted by Gasteiger charge is -2.07. The van der Waals surface area contributed by atoms with Gasteiger partial charge in [-0.3, -0.25) is 0 Å². The standard InChI is InChI=1S/C12H6Cl3N3O/c13-8-2-1-6(9(14)10(8)15)5-3-7-11(16)18-19-12(7)17-4-5/h1-4H,(H2,16,18). The van der Waals surface area contributed by atoms with Crippen LogP contribution in [0.15, 0.2) is 28.9 Å². The van der Waals surface area contributed by atoms with Crippen molar-refractivity contribution in [2.24, 2.45) is 0 Å². The molecule has 1 aromatic carbocycles. The van der Waals surface area contributed by atoms with Crippen LogP contribution in [0.5, 0.6) is 0 Å². The molecule has 3 rings (SSSR count). The predicted octanol–water partition coefficient (Wildman–Crippen LogP) is 4.43. The number of fused-ring (bicyclic) bond motifs is 1. The van der Waals surface area contributed by atoms with Gasteiger partial charge in [0.15, 0.2) is 5.82 Å². The van der Waals surface area contributed by atoms with E-state index in [1.807, 2.05) is 0 Å². The van der Waals surface area contributed by atoms with E-state index in [0.717, 1.165) is 5.56 Å². The second-order valence-corrected chi connectivity index (χ2v) is 5.03. The van der Waals surface area contributed by atoms with Crippen molar-refractivity contribution < 1.29 is 4.52 Å². The highest BCUT2D eigenvalue weighted by Gasteiger charge is 2.13. The van der Waals surface area contributed by atoms with Crippen LogP contribution in [-0.4, -0.2) is 10.1 Å². The van der Waals surface area contributed by atoms with Crippen LogP contribution in [0.4, 0.5) is 5.82 Å². The average Bonchev–Trinajstić information content (AvgIpc) is 2.78. The van der Waals surface area contributed by atoms with E-state index >= 15 is 0 Å². The van der Waals surface area contributed by atoms with E-state index in [0.29, 0.717) is 31.7 Å². The fraction of sp³-hybridized carbons (Fsp3) is 0. The summed E-state index contributed by atoms with van der Waals surface area (Å²) in [5, 5.41) is 5.34. The highest BCUT2D eigenvalue weighted by atomic mass is 35.5. The minimum absolute atomic E-state index is 0.278. The summed E-state index contributed by atoms with van der Waals surface area (Å²) >= 11 is 18.1. The number of benzene rings is 1. The normalized spacial score (nSPS) is 11.1. The SMILES string of the molecule is Nc1noc2ncc(-c3ccc(Cl)c(Cl)c3Cl)cc12. The van der Waals surface area contributed by atoms with E-state index in [1.54, 1.807) is 24.4 Å². The van der Waals surface area contributed by atoms with Crippen molar-refractivity contribution in [1.82, 2.24) is 10.1 Å². The third kappa shape index (κ3) is 2.02. The molecule has 0 amide bonds. The van der Waals surface area contributed by atoms with Gasteiger partial charge < -0.3 is 10.3 Å². The summed E-state index contributed by atoms with van der Waals surface area (Å²) in [5.41, 5.74) is 7.53. The third-order valence-corrected chi connectivity index (χ3v) is 4.00. The first-order valence-electron chi connectivity index (χ1n) is 5.22. The van der Waals surface area contributed by atoms with Crippen LogP contribution in [0.2, 0.25) is 15.1 Å². The Bertz CT molecular complexity index is 785. The molecule has 0 saturated heterocycles. The van der Waals surface area contributed by atoms with Crippen LogP contribution in [0.25, 0.3) is 22.2 Å². The second-order valence-electron chi connectivity index (χ2n) is 3.87. The minimum Gasteiger partial charge on any atom is -0.380 e. The maximum Gasteiger partial charge on any atom is 0.259 e. The molecular formula is C12H6Cl3N3O. The number of hydrogen-bond acceptors (Lipinski definition) is 4. The fourth-order valence-electron chi connectivity index (χ4n) is 1.75. The Morgan fingerprint density at radius 2 is 1.89 bits per heavy atom. The molecule has 0 saturated carbocycles. The van der Waals surface area contributed by atoms with Crippen LogP contribution >= 0.6 is 34.8 Å². The van der Waals surface area contributed by atoms with Crippen LogP contribution in [0.1, 0.15) is 0 Å². The molecule has 2 heterocycles. The van der Waals surface area contributed by atoms with Gasteiger partial charge in [0.1, 0.15) is 0 Å². The number of pyridine rings is 1. The molecule has 0 spiro atoms. The van der Waals surface area contributed by atoms with Gasteiger partial charge in [-0.15, -0.1) is 0 Å².